The van der Waals surface area contributed by atoms with Crippen molar-refractivity contribution in [1.82, 2.24) is 9.97 Å². The zero-order valence-corrected chi connectivity index (χ0v) is 12.3. The smallest absolute Gasteiger partial charge is 0.107 e. The molecule has 0 bridgehead atoms. The van der Waals surface area contributed by atoms with Crippen LogP contribution in [-0.2, 0) is 6.42 Å². The van der Waals surface area contributed by atoms with Crippen molar-refractivity contribution >= 4 is 11.0 Å². The maximum atomic E-state index is 9.52. The Morgan fingerprint density at radius 1 is 1.21 bits per heavy atom. The summed E-state index contributed by atoms with van der Waals surface area (Å²) in [7, 11) is 0. The molecule has 0 saturated carbocycles. The number of H-pyrrole nitrogens is 1. The highest BCUT2D eigenvalue weighted by molar-refractivity contribution is 5.76. The van der Waals surface area contributed by atoms with Gasteiger partial charge in [-0.1, -0.05) is 33.8 Å². The molecule has 1 unspecified atom stereocenters. The van der Waals surface area contributed by atoms with Crippen LogP contribution in [0.2, 0.25) is 0 Å². The van der Waals surface area contributed by atoms with Crippen molar-refractivity contribution in [3.63, 3.8) is 0 Å². The summed E-state index contributed by atoms with van der Waals surface area (Å²) < 4.78 is 0. The molecule has 1 aromatic carbocycles. The van der Waals surface area contributed by atoms with Crippen molar-refractivity contribution in [3.8, 4) is 0 Å². The van der Waals surface area contributed by atoms with Crippen LogP contribution < -0.4 is 0 Å². The summed E-state index contributed by atoms with van der Waals surface area (Å²) in [6, 6.07) is 6.27. The first-order valence-electron chi connectivity index (χ1n) is 7.10. The minimum absolute atomic E-state index is 0.191. The van der Waals surface area contributed by atoms with Crippen LogP contribution in [0, 0.1) is 11.8 Å². The van der Waals surface area contributed by atoms with Crippen LogP contribution in [0.3, 0.4) is 0 Å². The molecule has 0 spiro atoms. The van der Waals surface area contributed by atoms with E-state index in [1.54, 1.807) is 0 Å². The summed E-state index contributed by atoms with van der Waals surface area (Å²) in [5.41, 5.74) is 3.27. The fourth-order valence-corrected chi connectivity index (χ4v) is 2.50. The number of hydrogen-bond acceptors (Lipinski definition) is 2. The third-order valence-corrected chi connectivity index (χ3v) is 3.59. The van der Waals surface area contributed by atoms with Crippen LogP contribution in [-0.4, -0.2) is 21.7 Å². The van der Waals surface area contributed by atoms with Gasteiger partial charge in [-0.2, -0.15) is 0 Å². The zero-order valence-electron chi connectivity index (χ0n) is 12.3. The number of aliphatic hydroxyl groups is 1. The lowest BCUT2D eigenvalue weighted by atomic mass is 9.89. The highest BCUT2D eigenvalue weighted by Gasteiger charge is 2.16. The number of benzene rings is 1. The van der Waals surface area contributed by atoms with Crippen LogP contribution in [0.1, 0.15) is 45.0 Å². The van der Waals surface area contributed by atoms with E-state index in [2.05, 4.69) is 55.9 Å². The van der Waals surface area contributed by atoms with Gasteiger partial charge in [0, 0.05) is 12.3 Å². The largest absolute Gasteiger partial charge is 0.396 e. The predicted molar refractivity (Wildman–Crippen MR) is 79.3 cm³/mol. The van der Waals surface area contributed by atoms with Gasteiger partial charge in [0.15, 0.2) is 0 Å². The number of nitrogens with zero attached hydrogens (tertiary/aromatic N) is 1. The average Bonchev–Trinajstić information content (AvgIpc) is 2.69. The Kier molecular flexibility index (Phi) is 4.25. The zero-order chi connectivity index (χ0) is 14.0. The quantitative estimate of drug-likeness (QED) is 0.864. The summed E-state index contributed by atoms with van der Waals surface area (Å²) in [6.07, 6.45) is 0.970. The van der Waals surface area contributed by atoms with E-state index in [1.807, 2.05) is 0 Å². The fourth-order valence-electron chi connectivity index (χ4n) is 2.50. The Bertz CT molecular complexity index is 543. The first-order valence-corrected chi connectivity index (χ1v) is 7.10. The summed E-state index contributed by atoms with van der Waals surface area (Å²) in [4.78, 5) is 8.00. The minimum Gasteiger partial charge on any atom is -0.396 e. The molecule has 0 radical (unpaired) electrons. The number of fused-ring (bicyclic) bond motifs is 1. The van der Waals surface area contributed by atoms with Crippen molar-refractivity contribution < 1.29 is 5.11 Å². The molecule has 0 aliphatic rings. The molecule has 2 rings (SSSR count). The van der Waals surface area contributed by atoms with Crippen LogP contribution in [0.4, 0.5) is 0 Å². The second-order valence-electron chi connectivity index (χ2n) is 6.09. The molecule has 0 fully saturated rings. The van der Waals surface area contributed by atoms with Crippen LogP contribution in [0.5, 0.6) is 0 Å². The molecule has 0 aliphatic carbocycles. The monoisotopic (exact) mass is 260 g/mol. The van der Waals surface area contributed by atoms with E-state index in [-0.39, 0.29) is 12.5 Å². The number of imidazole rings is 1. The van der Waals surface area contributed by atoms with Gasteiger partial charge in [0.1, 0.15) is 5.82 Å². The first kappa shape index (κ1) is 14.1. The van der Waals surface area contributed by atoms with Crippen molar-refractivity contribution in [3.05, 3.63) is 29.6 Å². The lowest BCUT2D eigenvalue weighted by molar-refractivity contribution is 0.237. The summed E-state index contributed by atoms with van der Waals surface area (Å²) >= 11 is 0. The molecule has 0 amide bonds. The standard InChI is InChI=1S/C16H24N2O/c1-10(2)7-16-17-14-6-5-12(8-15(14)18-16)13(9-19)11(3)4/h5-6,8,10-11,13,19H,7,9H2,1-4H3,(H,17,18). The van der Waals surface area contributed by atoms with Gasteiger partial charge in [-0.3, -0.25) is 0 Å². The Balaban J connectivity index is 2.34. The fraction of sp³-hybridized carbons (Fsp3) is 0.562. The molecule has 3 nitrogen and oxygen atoms in total. The van der Waals surface area contributed by atoms with Gasteiger partial charge >= 0.3 is 0 Å². The Morgan fingerprint density at radius 2 is 1.95 bits per heavy atom. The predicted octanol–water partition coefficient (Wildman–Crippen LogP) is 3.49. The van der Waals surface area contributed by atoms with Gasteiger partial charge in [0.25, 0.3) is 0 Å². The third kappa shape index (κ3) is 3.16. The number of hydrogen-bond donors (Lipinski definition) is 2. The second-order valence-corrected chi connectivity index (χ2v) is 6.09. The summed E-state index contributed by atoms with van der Waals surface area (Å²) in [5.74, 6) is 2.27. The summed E-state index contributed by atoms with van der Waals surface area (Å²) in [5, 5.41) is 9.52. The molecular weight excluding hydrogens is 236 g/mol. The highest BCUT2D eigenvalue weighted by atomic mass is 16.3. The second kappa shape index (κ2) is 5.74. The first-order chi connectivity index (χ1) is 9.01. The van der Waals surface area contributed by atoms with E-state index in [0.717, 1.165) is 23.3 Å². The molecule has 2 aromatic rings. The van der Waals surface area contributed by atoms with Gasteiger partial charge in [-0.15, -0.1) is 0 Å². The number of aromatic nitrogens is 2. The molecule has 1 heterocycles. The molecule has 1 atom stereocenters. The van der Waals surface area contributed by atoms with E-state index >= 15 is 0 Å². The Labute approximate surface area is 115 Å². The van der Waals surface area contributed by atoms with Crippen molar-refractivity contribution in [2.24, 2.45) is 11.8 Å². The van der Waals surface area contributed by atoms with Gasteiger partial charge in [-0.25, -0.2) is 4.98 Å². The Morgan fingerprint density at radius 3 is 2.53 bits per heavy atom. The van der Waals surface area contributed by atoms with E-state index < -0.39 is 0 Å². The van der Waals surface area contributed by atoms with Crippen molar-refractivity contribution in [1.29, 1.82) is 0 Å². The molecule has 104 valence electrons. The van der Waals surface area contributed by atoms with Gasteiger partial charge in [0.05, 0.1) is 17.6 Å². The van der Waals surface area contributed by atoms with Crippen molar-refractivity contribution in [2.45, 2.75) is 40.0 Å². The molecular formula is C16H24N2O. The molecule has 2 N–H and O–H groups in total. The minimum atomic E-state index is 0.191. The maximum absolute atomic E-state index is 9.52. The third-order valence-electron chi connectivity index (χ3n) is 3.59. The van der Waals surface area contributed by atoms with E-state index in [1.165, 1.54) is 5.56 Å². The SMILES string of the molecule is CC(C)Cc1nc2ccc(C(CO)C(C)C)cc2[nH]1. The maximum Gasteiger partial charge on any atom is 0.107 e. The van der Waals surface area contributed by atoms with Crippen LogP contribution >= 0.6 is 0 Å². The van der Waals surface area contributed by atoms with Crippen LogP contribution in [0.25, 0.3) is 11.0 Å². The van der Waals surface area contributed by atoms with Gasteiger partial charge < -0.3 is 10.1 Å². The molecule has 19 heavy (non-hydrogen) atoms. The number of nitrogens with one attached hydrogen (secondary N) is 1. The summed E-state index contributed by atoms with van der Waals surface area (Å²) in [6.45, 7) is 8.86. The molecule has 0 aliphatic heterocycles. The van der Waals surface area contributed by atoms with E-state index in [9.17, 15) is 5.11 Å². The molecule has 1 aromatic heterocycles. The average molecular weight is 260 g/mol. The van der Waals surface area contributed by atoms with Crippen LogP contribution in [0.15, 0.2) is 18.2 Å². The van der Waals surface area contributed by atoms with Crippen molar-refractivity contribution in [2.75, 3.05) is 6.61 Å². The lowest BCUT2D eigenvalue weighted by Gasteiger charge is -2.18. The van der Waals surface area contributed by atoms with Gasteiger partial charge in [-0.05, 0) is 29.5 Å². The number of aromatic amines is 1. The molecule has 3 heteroatoms. The number of rotatable bonds is 5. The normalized spacial score (nSPS) is 13.6. The highest BCUT2D eigenvalue weighted by Crippen LogP contribution is 2.26. The number of aliphatic hydroxyl groups excluding tert-OH is 1. The van der Waals surface area contributed by atoms with E-state index in [4.69, 9.17) is 0 Å². The topological polar surface area (TPSA) is 48.9 Å². The molecule has 0 saturated heterocycles. The Hall–Kier alpha value is -1.35. The van der Waals surface area contributed by atoms with Gasteiger partial charge in [0.2, 0.25) is 0 Å². The van der Waals surface area contributed by atoms with E-state index in [0.29, 0.717) is 11.8 Å². The lowest BCUT2D eigenvalue weighted by Crippen LogP contribution is -2.10.